The van der Waals surface area contributed by atoms with Crippen LogP contribution >= 0.6 is 22.7 Å². The number of nitrogens with one attached hydrogen (secondary N) is 4. The first-order valence-electron chi connectivity index (χ1n) is 17.6. The summed E-state index contributed by atoms with van der Waals surface area (Å²) < 4.78 is 22.2. The first kappa shape index (κ1) is 39.4. The SMILES string of the molecule is CCNC(=O)Nc1nc2cc(-c3cc(C)n(C(C)c4ccc(C)nc4)c(=O)c3)c(F)cc2s1.CCNC(=O)Nc1nc2cc(-c3cc(C)oc(=O)c3)cnc2s1. The van der Waals surface area contributed by atoms with Crippen molar-refractivity contribution in [3.05, 3.63) is 116 Å². The zero-order valence-electron chi connectivity index (χ0n) is 31.3. The number of fused-ring (bicyclic) bond motifs is 2. The van der Waals surface area contributed by atoms with Gasteiger partial charge in [-0.2, -0.15) is 0 Å². The van der Waals surface area contributed by atoms with Crippen LogP contribution in [0.5, 0.6) is 0 Å². The van der Waals surface area contributed by atoms with E-state index in [9.17, 15) is 23.6 Å². The minimum absolute atomic E-state index is 0.214. The van der Waals surface area contributed by atoms with Crippen LogP contribution in [0.25, 0.3) is 42.8 Å². The molecule has 0 saturated carbocycles. The highest BCUT2D eigenvalue weighted by Gasteiger charge is 2.17. The van der Waals surface area contributed by atoms with E-state index in [0.29, 0.717) is 60.9 Å². The second kappa shape index (κ2) is 17.0. The molecular weight excluding hydrogens is 758 g/mol. The van der Waals surface area contributed by atoms with Gasteiger partial charge in [0.05, 0.1) is 16.3 Å². The molecule has 0 radical (unpaired) electrons. The fourth-order valence-electron chi connectivity index (χ4n) is 5.87. The van der Waals surface area contributed by atoms with E-state index >= 15 is 0 Å². The summed E-state index contributed by atoms with van der Waals surface area (Å²) >= 11 is 2.47. The Kier molecular flexibility index (Phi) is 11.9. The summed E-state index contributed by atoms with van der Waals surface area (Å²) in [4.78, 5) is 65.9. The lowest BCUT2D eigenvalue weighted by molar-refractivity contribution is 0.251. The average molecular weight is 796 g/mol. The summed E-state index contributed by atoms with van der Waals surface area (Å²) in [6.07, 6.45) is 3.44. The van der Waals surface area contributed by atoms with Crippen LogP contribution in [0.4, 0.5) is 24.2 Å². The van der Waals surface area contributed by atoms with E-state index in [2.05, 4.69) is 41.2 Å². The number of carbonyl (C=O) groups excluding carboxylic acids is 2. The van der Waals surface area contributed by atoms with E-state index < -0.39 is 11.4 Å². The van der Waals surface area contributed by atoms with E-state index in [0.717, 1.165) is 22.4 Å². The van der Waals surface area contributed by atoms with Gasteiger partial charge < -0.3 is 19.6 Å². The van der Waals surface area contributed by atoms with Crippen molar-refractivity contribution in [2.75, 3.05) is 23.7 Å². The first-order valence-corrected chi connectivity index (χ1v) is 19.2. The van der Waals surface area contributed by atoms with Crippen LogP contribution in [0.3, 0.4) is 0 Å². The summed E-state index contributed by atoms with van der Waals surface area (Å²) in [6.45, 7) is 12.1. The van der Waals surface area contributed by atoms with Crippen LogP contribution in [-0.4, -0.2) is 49.7 Å². The number of hydrogen-bond donors (Lipinski definition) is 4. The van der Waals surface area contributed by atoms with E-state index in [1.165, 1.54) is 40.9 Å². The van der Waals surface area contributed by atoms with Crippen molar-refractivity contribution in [3.8, 4) is 22.3 Å². The van der Waals surface area contributed by atoms with Crippen molar-refractivity contribution in [3.63, 3.8) is 0 Å². The lowest BCUT2D eigenvalue weighted by atomic mass is 10.0. The van der Waals surface area contributed by atoms with Gasteiger partial charge in [-0.1, -0.05) is 28.7 Å². The number of anilines is 2. The number of urea groups is 2. The lowest BCUT2D eigenvalue weighted by Gasteiger charge is -2.19. The molecule has 17 heteroatoms. The fourth-order valence-corrected chi connectivity index (χ4v) is 7.53. The van der Waals surface area contributed by atoms with Gasteiger partial charge >= 0.3 is 17.7 Å². The maximum atomic E-state index is 15.0. The maximum Gasteiger partial charge on any atom is 0.336 e. The normalized spacial score (nSPS) is 11.5. The Hall–Kier alpha value is -6.33. The Morgan fingerprint density at radius 2 is 1.50 bits per heavy atom. The van der Waals surface area contributed by atoms with E-state index in [4.69, 9.17) is 4.42 Å². The van der Waals surface area contributed by atoms with Crippen LogP contribution in [0.15, 0.2) is 81.0 Å². The molecule has 7 rings (SSSR count). The Morgan fingerprint density at radius 1 is 0.804 bits per heavy atom. The Bertz CT molecular complexity index is 2690. The number of carbonyl (C=O) groups is 2. The van der Waals surface area contributed by atoms with E-state index in [1.807, 2.05) is 52.8 Å². The zero-order chi connectivity index (χ0) is 40.1. The Morgan fingerprint density at radius 3 is 2.14 bits per heavy atom. The molecule has 1 unspecified atom stereocenters. The number of rotatable bonds is 8. The van der Waals surface area contributed by atoms with Crippen LogP contribution in [0.2, 0.25) is 0 Å². The number of thiazole rings is 2. The summed E-state index contributed by atoms with van der Waals surface area (Å²) in [5.41, 5.74) is 5.36. The van der Waals surface area contributed by atoms with E-state index in [-0.39, 0.29) is 29.2 Å². The quantitative estimate of drug-likeness (QED) is 0.119. The third-order valence-corrected chi connectivity index (χ3v) is 10.3. The minimum atomic E-state index is -0.456. The van der Waals surface area contributed by atoms with Gasteiger partial charge in [0.15, 0.2) is 10.3 Å². The summed E-state index contributed by atoms with van der Waals surface area (Å²) in [5.74, 6) is 0.0764. The highest BCUT2D eigenvalue weighted by atomic mass is 32.1. The van der Waals surface area contributed by atoms with Gasteiger partial charge in [-0.25, -0.2) is 33.7 Å². The van der Waals surface area contributed by atoms with Gasteiger partial charge in [-0.15, -0.1) is 0 Å². The molecule has 56 heavy (non-hydrogen) atoms. The smallest absolute Gasteiger partial charge is 0.336 e. The predicted molar refractivity (Wildman–Crippen MR) is 218 cm³/mol. The molecule has 0 aliphatic rings. The number of amides is 4. The van der Waals surface area contributed by atoms with Crippen molar-refractivity contribution < 1.29 is 18.4 Å². The standard InChI is InChI=1S/C24H24FN5O2S.C15H14N4O3S/c1-5-26-23(32)29-24-28-20-10-18(19(25)11-21(20)33-24)17-8-14(3)30(22(31)9-17)15(4)16-7-6-13(2)27-12-16;1-3-16-14(21)19-15-18-11-5-10(7-17-13(11)23-15)9-4-8(2)22-12(20)6-9/h6-12,15H,5H2,1-4H3,(H2,26,28,29,32);4-7H,3H2,1-2H3,(H2,16,18,19,21). The number of benzene rings is 1. The highest BCUT2D eigenvalue weighted by Crippen LogP contribution is 2.33. The van der Waals surface area contributed by atoms with Crippen LogP contribution in [0, 0.1) is 26.6 Å². The number of hydrogen-bond acceptors (Lipinski definition) is 11. The predicted octanol–water partition coefficient (Wildman–Crippen LogP) is 7.79. The van der Waals surface area contributed by atoms with Crippen LogP contribution in [0.1, 0.15) is 49.5 Å². The molecule has 0 bridgehead atoms. The Labute approximate surface area is 327 Å². The number of pyridine rings is 3. The molecule has 6 aromatic heterocycles. The molecule has 0 aliphatic heterocycles. The van der Waals surface area contributed by atoms with E-state index in [1.54, 1.807) is 42.1 Å². The molecule has 0 fully saturated rings. The number of nitrogens with zero attached hydrogens (tertiary/aromatic N) is 5. The molecule has 288 valence electrons. The third-order valence-electron chi connectivity index (χ3n) is 8.44. The molecule has 1 atom stereocenters. The minimum Gasteiger partial charge on any atom is -0.428 e. The van der Waals surface area contributed by atoms with Crippen molar-refractivity contribution in [1.82, 2.24) is 35.1 Å². The maximum absolute atomic E-state index is 15.0. The van der Waals surface area contributed by atoms with Crippen molar-refractivity contribution in [1.29, 1.82) is 0 Å². The van der Waals surface area contributed by atoms with Crippen LogP contribution < -0.4 is 32.5 Å². The average Bonchev–Trinajstić information content (AvgIpc) is 3.72. The second-order valence-electron chi connectivity index (χ2n) is 12.6. The molecule has 6 heterocycles. The summed E-state index contributed by atoms with van der Waals surface area (Å²) in [6, 6.07) is 14.2. The zero-order valence-corrected chi connectivity index (χ0v) is 32.9. The summed E-state index contributed by atoms with van der Waals surface area (Å²) in [7, 11) is 0. The monoisotopic (exact) mass is 795 g/mol. The molecule has 1 aromatic carbocycles. The lowest BCUT2D eigenvalue weighted by Crippen LogP contribution is -2.28. The Balaban J connectivity index is 0.000000202. The highest BCUT2D eigenvalue weighted by molar-refractivity contribution is 7.22. The van der Waals surface area contributed by atoms with Crippen LogP contribution in [-0.2, 0) is 0 Å². The molecule has 14 nitrogen and oxygen atoms in total. The van der Waals surface area contributed by atoms with Gasteiger partial charge in [0.2, 0.25) is 0 Å². The van der Waals surface area contributed by atoms with Crippen molar-refractivity contribution in [2.45, 2.75) is 47.6 Å². The van der Waals surface area contributed by atoms with Gasteiger partial charge in [-0.3, -0.25) is 20.4 Å². The van der Waals surface area contributed by atoms with Crippen molar-refractivity contribution in [2.24, 2.45) is 0 Å². The first-order chi connectivity index (χ1) is 26.8. The molecule has 0 saturated heterocycles. The van der Waals surface area contributed by atoms with Gasteiger partial charge in [0.1, 0.15) is 21.9 Å². The van der Waals surface area contributed by atoms with Gasteiger partial charge in [-0.05, 0) is 94.6 Å². The largest absolute Gasteiger partial charge is 0.428 e. The third kappa shape index (κ3) is 9.13. The molecule has 0 aliphatic carbocycles. The fraction of sp³-hybridized carbons (Fsp3) is 0.231. The summed E-state index contributed by atoms with van der Waals surface area (Å²) in [5, 5.41) is 11.4. The number of aryl methyl sites for hydroxylation is 3. The topological polar surface area (TPSA) is 186 Å². The molecule has 7 aromatic rings. The van der Waals surface area contributed by atoms with Crippen molar-refractivity contribution >= 4 is 65.6 Å². The molecule has 0 spiro atoms. The van der Waals surface area contributed by atoms with Gasteiger partial charge in [0.25, 0.3) is 5.56 Å². The number of halogens is 1. The second-order valence-corrected chi connectivity index (χ2v) is 14.6. The number of aromatic nitrogens is 5. The molecule has 4 amide bonds. The van der Waals surface area contributed by atoms with Gasteiger partial charge in [0, 0.05) is 60.1 Å². The molecular formula is C39H38FN9O5S2. The molecule has 4 N–H and O–H groups in total.